The van der Waals surface area contributed by atoms with Crippen LogP contribution in [0.25, 0.3) is 0 Å². The molecule has 0 spiro atoms. The molecule has 0 bridgehead atoms. The number of aliphatic hydroxyl groups is 1. The van der Waals surface area contributed by atoms with Crippen LogP contribution in [0.5, 0.6) is 0 Å². The standard InChI is InChI=1S/C12H26N2O2S/c1-9(12(2,3)4)13-11(16)14-10(6-7-15)8-17-5/h9-10,15H,6-8H2,1-5H3,(H2,13,14,16). The lowest BCUT2D eigenvalue weighted by atomic mass is 9.88. The smallest absolute Gasteiger partial charge is 0.315 e. The second kappa shape index (κ2) is 7.82. The lowest BCUT2D eigenvalue weighted by Crippen LogP contribution is -2.50. The van der Waals surface area contributed by atoms with Crippen molar-refractivity contribution in [3.8, 4) is 0 Å². The number of rotatable bonds is 6. The quantitative estimate of drug-likeness (QED) is 0.684. The summed E-state index contributed by atoms with van der Waals surface area (Å²) in [5.41, 5.74) is 0.0450. The highest BCUT2D eigenvalue weighted by atomic mass is 32.2. The molecular weight excluding hydrogens is 236 g/mol. The summed E-state index contributed by atoms with van der Waals surface area (Å²) in [6.07, 6.45) is 2.58. The van der Waals surface area contributed by atoms with Crippen LogP contribution in [0.1, 0.15) is 34.1 Å². The highest BCUT2D eigenvalue weighted by Crippen LogP contribution is 2.18. The van der Waals surface area contributed by atoms with E-state index in [-0.39, 0.29) is 30.1 Å². The van der Waals surface area contributed by atoms with E-state index < -0.39 is 0 Å². The Morgan fingerprint density at radius 2 is 1.94 bits per heavy atom. The van der Waals surface area contributed by atoms with E-state index in [2.05, 4.69) is 31.4 Å². The minimum absolute atomic E-state index is 0.0298. The number of hydrogen-bond acceptors (Lipinski definition) is 3. The molecule has 0 aromatic heterocycles. The average Bonchev–Trinajstić information content (AvgIpc) is 2.16. The van der Waals surface area contributed by atoms with Crippen molar-refractivity contribution in [3.63, 3.8) is 0 Å². The van der Waals surface area contributed by atoms with Gasteiger partial charge in [0.1, 0.15) is 0 Å². The highest BCUT2D eigenvalue weighted by molar-refractivity contribution is 7.98. The third kappa shape index (κ3) is 7.49. The van der Waals surface area contributed by atoms with Crippen LogP contribution in [0, 0.1) is 5.41 Å². The minimum atomic E-state index is -0.153. The fourth-order valence-corrected chi connectivity index (χ4v) is 1.85. The Kier molecular flexibility index (Phi) is 7.63. The molecule has 0 fully saturated rings. The van der Waals surface area contributed by atoms with Gasteiger partial charge in [-0.1, -0.05) is 20.8 Å². The number of urea groups is 1. The first-order valence-electron chi connectivity index (χ1n) is 5.98. The van der Waals surface area contributed by atoms with Crippen LogP contribution in [-0.4, -0.2) is 41.8 Å². The number of hydrogen-bond donors (Lipinski definition) is 3. The zero-order valence-electron chi connectivity index (χ0n) is 11.5. The molecule has 0 aromatic carbocycles. The van der Waals surface area contributed by atoms with Gasteiger partial charge in [0.2, 0.25) is 0 Å². The molecule has 3 N–H and O–H groups in total. The summed E-state index contributed by atoms with van der Waals surface area (Å²) in [4.78, 5) is 11.7. The Hall–Kier alpha value is -0.420. The van der Waals surface area contributed by atoms with Crippen LogP contribution in [0.3, 0.4) is 0 Å². The molecule has 0 rings (SSSR count). The van der Waals surface area contributed by atoms with Crippen LogP contribution in [0.4, 0.5) is 4.79 Å². The van der Waals surface area contributed by atoms with Gasteiger partial charge in [-0.05, 0) is 25.0 Å². The number of aliphatic hydroxyl groups excluding tert-OH is 1. The van der Waals surface area contributed by atoms with Crippen LogP contribution >= 0.6 is 11.8 Å². The third-order valence-electron chi connectivity index (χ3n) is 2.83. The van der Waals surface area contributed by atoms with Crippen molar-refractivity contribution in [1.29, 1.82) is 0 Å². The maximum atomic E-state index is 11.7. The van der Waals surface area contributed by atoms with Crippen molar-refractivity contribution < 1.29 is 9.90 Å². The van der Waals surface area contributed by atoms with Crippen LogP contribution < -0.4 is 10.6 Å². The molecule has 0 aliphatic rings. The second-order valence-corrected chi connectivity index (χ2v) is 6.28. The molecule has 2 unspecified atom stereocenters. The maximum absolute atomic E-state index is 11.7. The zero-order chi connectivity index (χ0) is 13.5. The summed E-state index contributed by atoms with van der Waals surface area (Å²) in [5.74, 6) is 0.817. The number of carbonyl (C=O) groups excluding carboxylic acids is 1. The molecule has 2 amide bonds. The van der Waals surface area contributed by atoms with Gasteiger partial charge in [-0.25, -0.2) is 4.79 Å². The molecule has 0 radical (unpaired) electrons. The normalized spacial score (nSPS) is 15.2. The molecule has 0 aromatic rings. The lowest BCUT2D eigenvalue weighted by molar-refractivity contribution is 0.215. The van der Waals surface area contributed by atoms with Crippen molar-refractivity contribution in [2.45, 2.75) is 46.2 Å². The summed E-state index contributed by atoms with van der Waals surface area (Å²) in [6.45, 7) is 8.36. The summed E-state index contributed by atoms with van der Waals surface area (Å²) in [6, 6.07) is -0.0198. The Morgan fingerprint density at radius 3 is 2.35 bits per heavy atom. The van der Waals surface area contributed by atoms with Gasteiger partial charge in [-0.2, -0.15) is 11.8 Å². The van der Waals surface area contributed by atoms with E-state index in [4.69, 9.17) is 5.11 Å². The maximum Gasteiger partial charge on any atom is 0.315 e. The Morgan fingerprint density at radius 1 is 1.35 bits per heavy atom. The summed E-state index contributed by atoms with van der Waals surface area (Å²) in [7, 11) is 0. The predicted molar refractivity (Wildman–Crippen MR) is 74.5 cm³/mol. The third-order valence-corrected chi connectivity index (χ3v) is 3.56. The van der Waals surface area contributed by atoms with Gasteiger partial charge in [0.25, 0.3) is 0 Å². The zero-order valence-corrected chi connectivity index (χ0v) is 12.4. The van der Waals surface area contributed by atoms with Crippen molar-refractivity contribution in [3.05, 3.63) is 0 Å². The molecule has 2 atom stereocenters. The van der Waals surface area contributed by atoms with E-state index in [1.165, 1.54) is 0 Å². The Bertz CT molecular complexity index is 223. The van der Waals surface area contributed by atoms with Crippen molar-refractivity contribution in [1.82, 2.24) is 10.6 Å². The first-order valence-corrected chi connectivity index (χ1v) is 7.37. The van der Waals surface area contributed by atoms with Crippen molar-refractivity contribution in [2.75, 3.05) is 18.6 Å². The Balaban J connectivity index is 4.14. The van der Waals surface area contributed by atoms with E-state index in [9.17, 15) is 4.79 Å². The highest BCUT2D eigenvalue weighted by Gasteiger charge is 2.22. The first kappa shape index (κ1) is 16.6. The van der Waals surface area contributed by atoms with E-state index in [0.717, 1.165) is 5.75 Å². The fourth-order valence-electron chi connectivity index (χ4n) is 1.19. The molecule has 0 heterocycles. The number of amides is 2. The van der Waals surface area contributed by atoms with Gasteiger partial charge in [0.15, 0.2) is 0 Å². The first-order chi connectivity index (χ1) is 7.81. The molecule has 102 valence electrons. The monoisotopic (exact) mass is 262 g/mol. The molecule has 0 saturated carbocycles. The van der Waals surface area contributed by atoms with Gasteiger partial charge < -0.3 is 15.7 Å². The number of thioether (sulfide) groups is 1. The molecule has 4 nitrogen and oxygen atoms in total. The summed E-state index contributed by atoms with van der Waals surface area (Å²) >= 11 is 1.66. The van der Waals surface area contributed by atoms with E-state index >= 15 is 0 Å². The van der Waals surface area contributed by atoms with Gasteiger partial charge in [-0.3, -0.25) is 0 Å². The topological polar surface area (TPSA) is 61.4 Å². The number of carbonyl (C=O) groups is 1. The predicted octanol–water partition coefficient (Wildman–Crippen LogP) is 1.83. The van der Waals surface area contributed by atoms with Gasteiger partial charge in [0, 0.05) is 24.4 Å². The summed E-state index contributed by atoms with van der Waals surface area (Å²) in [5, 5.41) is 14.7. The van der Waals surface area contributed by atoms with Gasteiger partial charge >= 0.3 is 6.03 Å². The summed E-state index contributed by atoms with van der Waals surface area (Å²) < 4.78 is 0. The molecule has 0 aliphatic heterocycles. The number of nitrogens with one attached hydrogen (secondary N) is 2. The molecule has 5 heteroatoms. The SMILES string of the molecule is CSCC(CCO)NC(=O)NC(C)C(C)(C)C. The lowest BCUT2D eigenvalue weighted by Gasteiger charge is -2.29. The van der Waals surface area contributed by atoms with Crippen LogP contribution in [0.2, 0.25) is 0 Å². The second-order valence-electron chi connectivity index (χ2n) is 5.37. The van der Waals surface area contributed by atoms with Gasteiger partial charge in [0.05, 0.1) is 0 Å². The van der Waals surface area contributed by atoms with E-state index in [1.54, 1.807) is 11.8 Å². The Labute approximate surface area is 109 Å². The van der Waals surface area contributed by atoms with Crippen LogP contribution in [0.15, 0.2) is 0 Å². The van der Waals surface area contributed by atoms with Crippen LogP contribution in [-0.2, 0) is 0 Å². The molecular formula is C12H26N2O2S. The minimum Gasteiger partial charge on any atom is -0.396 e. The van der Waals surface area contributed by atoms with Gasteiger partial charge in [-0.15, -0.1) is 0 Å². The molecule has 0 aliphatic carbocycles. The van der Waals surface area contributed by atoms with Crippen molar-refractivity contribution in [2.24, 2.45) is 5.41 Å². The van der Waals surface area contributed by atoms with Crippen molar-refractivity contribution >= 4 is 17.8 Å². The molecule has 17 heavy (non-hydrogen) atoms. The van der Waals surface area contributed by atoms with E-state index in [0.29, 0.717) is 6.42 Å². The molecule has 0 saturated heterocycles. The fraction of sp³-hybridized carbons (Fsp3) is 0.917. The largest absolute Gasteiger partial charge is 0.396 e. The average molecular weight is 262 g/mol. The van der Waals surface area contributed by atoms with E-state index in [1.807, 2.05) is 13.2 Å².